The molecule has 0 saturated carbocycles. The summed E-state index contributed by atoms with van der Waals surface area (Å²) in [5.41, 5.74) is -0.583. The van der Waals surface area contributed by atoms with Gasteiger partial charge in [-0.25, -0.2) is 4.79 Å². The highest BCUT2D eigenvalue weighted by Gasteiger charge is 2.18. The predicted molar refractivity (Wildman–Crippen MR) is 49.6 cm³/mol. The highest BCUT2D eigenvalue weighted by Crippen LogP contribution is 2.06. The van der Waals surface area contributed by atoms with Gasteiger partial charge in [0.05, 0.1) is 0 Å². The van der Waals surface area contributed by atoms with Gasteiger partial charge in [-0.15, -0.1) is 0 Å². The summed E-state index contributed by atoms with van der Waals surface area (Å²) in [5.74, 6) is -1.30. The van der Waals surface area contributed by atoms with Crippen molar-refractivity contribution in [2.75, 3.05) is 0 Å². The maximum absolute atomic E-state index is 11.0. The van der Waals surface area contributed by atoms with Crippen LogP contribution < -0.4 is 5.32 Å². The predicted octanol–water partition coefficient (Wildman–Crippen LogP) is 0.595. The fourth-order valence-corrected chi connectivity index (χ4v) is 0.536. The number of rotatable bonds is 2. The molecule has 0 spiro atoms. The topological polar surface area (TPSA) is 55.4 Å². The van der Waals surface area contributed by atoms with Crippen LogP contribution in [0, 0.1) is 0 Å². The molecule has 72 valence electrons. The zero-order chi connectivity index (χ0) is 10.6. The van der Waals surface area contributed by atoms with Crippen LogP contribution in [0.4, 0.5) is 4.79 Å². The maximum atomic E-state index is 11.0. The van der Waals surface area contributed by atoms with Gasteiger partial charge in [0.2, 0.25) is 0 Å². The van der Waals surface area contributed by atoms with Crippen molar-refractivity contribution in [2.24, 2.45) is 0 Å². The molecule has 1 atom stereocenters. The molecule has 1 amide bonds. The number of hydrogen-bond donors (Lipinski definition) is 1. The monoisotopic (exact) mass is 183 g/mol. The Morgan fingerprint density at radius 2 is 1.85 bits per heavy atom. The molecule has 0 aromatic carbocycles. The summed E-state index contributed by atoms with van der Waals surface area (Å²) in [6.07, 6.45) is -0.685. The molecule has 4 nitrogen and oxygen atoms in total. The van der Waals surface area contributed by atoms with Crippen molar-refractivity contribution in [3.8, 4) is 0 Å². The molecule has 0 fully saturated rings. The summed E-state index contributed by atoms with van der Waals surface area (Å²) < 4.78 is 4.88. The number of hydrogen-bond acceptors (Lipinski definition) is 3. The highest BCUT2D eigenvalue weighted by molar-refractivity contribution is 6.24. The molecule has 0 heterocycles. The van der Waals surface area contributed by atoms with Crippen LogP contribution in [0.15, 0.2) is 0 Å². The quantitative estimate of drug-likeness (QED) is 0.637. The molecular formula is C8H14BNO3. The molecule has 0 unspecified atom stereocenters. The average Bonchev–Trinajstić information content (AvgIpc) is 1.81. The van der Waals surface area contributed by atoms with E-state index in [1.807, 2.05) is 0 Å². The third-order valence-corrected chi connectivity index (χ3v) is 1.11. The standard InChI is InChI=1S/C8H14BNO3/c1-5(11)6(9)10-7(12)13-8(2,3)4/h6H,1-4H3,(H,10,12)/t6-/m1/s1. The second kappa shape index (κ2) is 4.30. The lowest BCUT2D eigenvalue weighted by Gasteiger charge is -2.21. The first-order chi connectivity index (χ1) is 5.72. The minimum atomic E-state index is -0.991. The van der Waals surface area contributed by atoms with Crippen molar-refractivity contribution in [1.29, 1.82) is 0 Å². The molecule has 0 bridgehead atoms. The van der Waals surface area contributed by atoms with Crippen LogP contribution in [0.5, 0.6) is 0 Å². The van der Waals surface area contributed by atoms with E-state index in [0.717, 1.165) is 0 Å². The lowest BCUT2D eigenvalue weighted by molar-refractivity contribution is -0.117. The van der Waals surface area contributed by atoms with Crippen LogP contribution in [0.2, 0.25) is 0 Å². The molecule has 0 aliphatic rings. The summed E-state index contributed by atoms with van der Waals surface area (Å²) >= 11 is 0. The zero-order valence-electron chi connectivity index (χ0n) is 8.38. The summed E-state index contributed by atoms with van der Waals surface area (Å²) in [4.78, 5) is 21.7. The van der Waals surface area contributed by atoms with E-state index < -0.39 is 17.6 Å². The first kappa shape index (κ1) is 12.0. The molecule has 0 aromatic heterocycles. The fraction of sp³-hybridized carbons (Fsp3) is 0.750. The number of carbonyl (C=O) groups excluding carboxylic acids is 2. The van der Waals surface area contributed by atoms with Gasteiger partial charge in [0.15, 0.2) is 0 Å². The van der Waals surface area contributed by atoms with Gasteiger partial charge in [-0.1, -0.05) is 0 Å². The summed E-state index contributed by atoms with van der Waals surface area (Å²) in [6, 6.07) is 0. The Morgan fingerprint density at radius 3 is 2.15 bits per heavy atom. The van der Waals surface area contributed by atoms with Gasteiger partial charge in [0, 0.05) is 5.94 Å². The van der Waals surface area contributed by atoms with Gasteiger partial charge in [0.1, 0.15) is 19.2 Å². The van der Waals surface area contributed by atoms with Crippen LogP contribution in [0.3, 0.4) is 0 Å². The van der Waals surface area contributed by atoms with E-state index >= 15 is 0 Å². The summed E-state index contributed by atoms with van der Waals surface area (Å²) in [7, 11) is 5.27. The number of nitrogens with one attached hydrogen (secondary N) is 1. The van der Waals surface area contributed by atoms with Crippen molar-refractivity contribution < 1.29 is 14.3 Å². The van der Waals surface area contributed by atoms with Crippen LogP contribution in [-0.4, -0.2) is 31.3 Å². The lowest BCUT2D eigenvalue weighted by Crippen LogP contribution is -2.42. The molecule has 1 N–H and O–H groups in total. The molecule has 0 rings (SSSR count). The minimum Gasteiger partial charge on any atom is -0.444 e. The van der Waals surface area contributed by atoms with Crippen molar-refractivity contribution in [1.82, 2.24) is 5.32 Å². The number of ether oxygens (including phenoxy) is 1. The highest BCUT2D eigenvalue weighted by atomic mass is 16.6. The average molecular weight is 183 g/mol. The van der Waals surface area contributed by atoms with Crippen LogP contribution in [-0.2, 0) is 9.53 Å². The molecule has 5 heteroatoms. The third kappa shape index (κ3) is 6.19. The number of ketones is 1. The largest absolute Gasteiger partial charge is 0.444 e. The van der Waals surface area contributed by atoms with Crippen molar-refractivity contribution in [3.63, 3.8) is 0 Å². The molecule has 0 aliphatic carbocycles. The number of alkyl carbamates (subject to hydrolysis) is 1. The van der Waals surface area contributed by atoms with Gasteiger partial charge in [0.25, 0.3) is 0 Å². The molecule has 0 aromatic rings. The van der Waals surface area contributed by atoms with Crippen LogP contribution in [0.1, 0.15) is 27.7 Å². The van der Waals surface area contributed by atoms with Gasteiger partial charge >= 0.3 is 6.09 Å². The molecule has 0 aliphatic heterocycles. The Balaban J connectivity index is 3.96. The number of amides is 1. The van der Waals surface area contributed by atoms with Crippen LogP contribution in [0.25, 0.3) is 0 Å². The maximum Gasteiger partial charge on any atom is 0.407 e. The van der Waals surface area contributed by atoms with Crippen molar-refractivity contribution in [3.05, 3.63) is 0 Å². The molecule has 0 saturated heterocycles. The van der Waals surface area contributed by atoms with Gasteiger partial charge in [-0.3, -0.25) is 4.79 Å². The Labute approximate surface area is 79.4 Å². The second-order valence-corrected chi connectivity index (χ2v) is 3.73. The Hall–Kier alpha value is -0.995. The van der Waals surface area contributed by atoms with E-state index in [2.05, 4.69) is 5.32 Å². The van der Waals surface area contributed by atoms with Gasteiger partial charge in [-0.2, -0.15) is 0 Å². The SMILES string of the molecule is [B][C@H](NC(=O)OC(C)(C)C)C(C)=O. The normalized spacial score (nSPS) is 13.2. The van der Waals surface area contributed by atoms with E-state index in [9.17, 15) is 9.59 Å². The van der Waals surface area contributed by atoms with E-state index in [-0.39, 0.29) is 5.78 Å². The van der Waals surface area contributed by atoms with E-state index in [1.165, 1.54) is 6.92 Å². The molecule has 2 radical (unpaired) electrons. The zero-order valence-corrected chi connectivity index (χ0v) is 8.38. The fourth-order valence-electron chi connectivity index (χ4n) is 0.536. The van der Waals surface area contributed by atoms with Crippen molar-refractivity contribution in [2.45, 2.75) is 39.2 Å². The molecule has 13 heavy (non-hydrogen) atoms. The first-order valence-corrected chi connectivity index (χ1v) is 3.98. The third-order valence-electron chi connectivity index (χ3n) is 1.11. The smallest absolute Gasteiger partial charge is 0.407 e. The van der Waals surface area contributed by atoms with E-state index in [1.54, 1.807) is 20.8 Å². The lowest BCUT2D eigenvalue weighted by atomic mass is 9.93. The Morgan fingerprint density at radius 1 is 1.38 bits per heavy atom. The van der Waals surface area contributed by atoms with Crippen molar-refractivity contribution >= 4 is 19.7 Å². The van der Waals surface area contributed by atoms with E-state index in [0.29, 0.717) is 0 Å². The molecular weight excluding hydrogens is 169 g/mol. The first-order valence-electron chi connectivity index (χ1n) is 3.98. The summed E-state index contributed by atoms with van der Waals surface area (Å²) in [6.45, 7) is 6.48. The second-order valence-electron chi connectivity index (χ2n) is 3.73. The number of carbonyl (C=O) groups is 2. The number of Topliss-reactive ketones (excluding diaryl/α,β-unsaturated/α-hetero) is 1. The van der Waals surface area contributed by atoms with Crippen LogP contribution >= 0.6 is 0 Å². The Bertz CT molecular complexity index is 210. The Kier molecular flexibility index (Phi) is 3.97. The van der Waals surface area contributed by atoms with Gasteiger partial charge in [-0.05, 0) is 27.7 Å². The van der Waals surface area contributed by atoms with Gasteiger partial charge < -0.3 is 10.1 Å². The summed E-state index contributed by atoms with van der Waals surface area (Å²) in [5, 5.41) is 2.20. The minimum absolute atomic E-state index is 0.314. The van der Waals surface area contributed by atoms with E-state index in [4.69, 9.17) is 12.6 Å².